The first-order chi connectivity index (χ1) is 12.5. The van der Waals surface area contributed by atoms with Crippen molar-refractivity contribution in [2.24, 2.45) is 0 Å². The van der Waals surface area contributed by atoms with Crippen molar-refractivity contribution in [1.82, 2.24) is 14.9 Å². The molecule has 7 heteroatoms. The van der Waals surface area contributed by atoms with Crippen LogP contribution in [0.2, 0.25) is 0 Å². The van der Waals surface area contributed by atoms with Crippen LogP contribution in [0.15, 0.2) is 40.5 Å². The Labute approximate surface area is 155 Å². The average Bonchev–Trinajstić information content (AvgIpc) is 3.09. The second kappa shape index (κ2) is 8.14. The Bertz CT molecular complexity index is 947. The second-order valence-electron chi connectivity index (χ2n) is 6.16. The van der Waals surface area contributed by atoms with Crippen LogP contribution in [0.4, 0.5) is 0 Å². The molecule has 0 fully saturated rings. The fraction of sp³-hybridized carbons (Fsp3) is 0.316. The van der Waals surface area contributed by atoms with Gasteiger partial charge in [-0.1, -0.05) is 17.7 Å². The van der Waals surface area contributed by atoms with Crippen molar-refractivity contribution in [2.45, 2.75) is 26.3 Å². The Morgan fingerprint density at radius 1 is 1.27 bits per heavy atom. The molecule has 2 aromatic heterocycles. The molecule has 136 valence electrons. The minimum absolute atomic E-state index is 0.00873. The molecule has 3 rings (SSSR count). The van der Waals surface area contributed by atoms with Crippen molar-refractivity contribution in [3.63, 3.8) is 0 Å². The van der Waals surface area contributed by atoms with Crippen LogP contribution in [0.3, 0.4) is 0 Å². The van der Waals surface area contributed by atoms with E-state index in [1.54, 1.807) is 11.9 Å². The van der Waals surface area contributed by atoms with Crippen molar-refractivity contribution in [3.8, 4) is 5.75 Å². The van der Waals surface area contributed by atoms with Crippen LogP contribution in [-0.4, -0.2) is 34.4 Å². The molecular weight excluding hydrogens is 350 g/mol. The number of thiophene rings is 1. The molecular formula is C19H21N3O3S. The van der Waals surface area contributed by atoms with E-state index in [4.69, 9.17) is 4.74 Å². The Morgan fingerprint density at radius 2 is 2.04 bits per heavy atom. The normalized spacial score (nSPS) is 10.8. The summed E-state index contributed by atoms with van der Waals surface area (Å²) in [7, 11) is 1.71. The SMILES string of the molecule is Cc1ccc(OCCCC(=O)N(C)Cc2nc3ccsc3c(=O)[nH]2)cc1. The molecule has 1 amide bonds. The lowest BCUT2D eigenvalue weighted by molar-refractivity contribution is -0.130. The number of aryl methyl sites for hydroxylation is 1. The van der Waals surface area contributed by atoms with Crippen molar-refractivity contribution in [2.75, 3.05) is 13.7 Å². The van der Waals surface area contributed by atoms with Gasteiger partial charge >= 0.3 is 0 Å². The van der Waals surface area contributed by atoms with Crippen molar-refractivity contribution in [1.29, 1.82) is 0 Å². The number of hydrogen-bond acceptors (Lipinski definition) is 5. The third kappa shape index (κ3) is 4.49. The molecule has 2 heterocycles. The highest BCUT2D eigenvalue weighted by molar-refractivity contribution is 7.17. The van der Waals surface area contributed by atoms with Gasteiger partial charge in [0.2, 0.25) is 5.91 Å². The van der Waals surface area contributed by atoms with Crippen molar-refractivity contribution in [3.05, 3.63) is 57.5 Å². The Hall–Kier alpha value is -2.67. The highest BCUT2D eigenvalue weighted by Gasteiger charge is 2.12. The van der Waals surface area contributed by atoms with E-state index in [9.17, 15) is 9.59 Å². The number of carbonyl (C=O) groups is 1. The standard InChI is InChI=1S/C19H21N3O3S/c1-13-5-7-14(8-6-13)25-10-3-4-17(23)22(2)12-16-20-15-9-11-26-18(15)19(24)21-16/h5-9,11H,3-4,10,12H2,1-2H3,(H,20,21,24). The molecule has 0 saturated heterocycles. The van der Waals surface area contributed by atoms with E-state index < -0.39 is 0 Å². The van der Waals surface area contributed by atoms with Crippen LogP contribution in [0.1, 0.15) is 24.2 Å². The fourth-order valence-corrected chi connectivity index (χ4v) is 3.27. The topological polar surface area (TPSA) is 75.3 Å². The summed E-state index contributed by atoms with van der Waals surface area (Å²) in [6.07, 6.45) is 1.01. The maximum absolute atomic E-state index is 12.3. The molecule has 0 radical (unpaired) electrons. The van der Waals surface area contributed by atoms with E-state index in [0.717, 1.165) is 5.75 Å². The summed E-state index contributed by atoms with van der Waals surface area (Å²) in [5, 5.41) is 1.83. The quantitative estimate of drug-likeness (QED) is 0.648. The zero-order valence-electron chi connectivity index (χ0n) is 14.8. The largest absolute Gasteiger partial charge is 0.494 e. The summed E-state index contributed by atoms with van der Waals surface area (Å²) >= 11 is 1.36. The lowest BCUT2D eigenvalue weighted by atomic mass is 10.2. The van der Waals surface area contributed by atoms with E-state index in [2.05, 4.69) is 9.97 Å². The maximum atomic E-state index is 12.3. The molecule has 1 aromatic carbocycles. The lowest BCUT2D eigenvalue weighted by Crippen LogP contribution is -2.28. The van der Waals surface area contributed by atoms with Gasteiger partial charge in [0.25, 0.3) is 5.56 Å². The first-order valence-electron chi connectivity index (χ1n) is 8.43. The van der Waals surface area contributed by atoms with Gasteiger partial charge in [0.05, 0.1) is 18.7 Å². The first-order valence-corrected chi connectivity index (χ1v) is 9.31. The van der Waals surface area contributed by atoms with Gasteiger partial charge in [0.1, 0.15) is 16.3 Å². The summed E-state index contributed by atoms with van der Waals surface area (Å²) in [6.45, 7) is 2.79. The predicted molar refractivity (Wildman–Crippen MR) is 103 cm³/mol. The van der Waals surface area contributed by atoms with Gasteiger partial charge in [-0.3, -0.25) is 9.59 Å². The van der Waals surface area contributed by atoms with E-state index in [-0.39, 0.29) is 18.0 Å². The van der Waals surface area contributed by atoms with Crippen LogP contribution in [-0.2, 0) is 11.3 Å². The molecule has 6 nitrogen and oxygen atoms in total. The van der Waals surface area contributed by atoms with Gasteiger partial charge in [-0.2, -0.15) is 0 Å². The van der Waals surface area contributed by atoms with Gasteiger partial charge in [-0.05, 0) is 36.9 Å². The number of amides is 1. The molecule has 0 spiro atoms. The van der Waals surface area contributed by atoms with Gasteiger partial charge in [-0.25, -0.2) is 4.98 Å². The van der Waals surface area contributed by atoms with Gasteiger partial charge in [-0.15, -0.1) is 11.3 Å². The molecule has 0 bridgehead atoms. The molecule has 0 aliphatic carbocycles. The zero-order valence-corrected chi connectivity index (χ0v) is 15.6. The monoisotopic (exact) mass is 371 g/mol. The van der Waals surface area contributed by atoms with Crippen LogP contribution in [0.25, 0.3) is 10.2 Å². The predicted octanol–water partition coefficient (Wildman–Crippen LogP) is 3.11. The number of fused-ring (bicyclic) bond motifs is 1. The number of hydrogen-bond donors (Lipinski definition) is 1. The number of nitrogens with one attached hydrogen (secondary N) is 1. The zero-order chi connectivity index (χ0) is 18.5. The summed E-state index contributed by atoms with van der Waals surface area (Å²) < 4.78 is 6.24. The third-order valence-corrected chi connectivity index (χ3v) is 4.90. The Morgan fingerprint density at radius 3 is 2.81 bits per heavy atom. The molecule has 0 atom stereocenters. The number of rotatable bonds is 7. The minimum atomic E-state index is -0.160. The number of ether oxygens (including phenoxy) is 1. The van der Waals surface area contributed by atoms with Gasteiger partial charge in [0, 0.05) is 13.5 Å². The van der Waals surface area contributed by atoms with E-state index in [1.165, 1.54) is 16.9 Å². The molecule has 3 aromatic rings. The smallest absolute Gasteiger partial charge is 0.268 e. The third-order valence-electron chi connectivity index (χ3n) is 4.00. The Balaban J connectivity index is 1.47. The number of nitrogens with zero attached hydrogens (tertiary/aromatic N) is 2. The van der Waals surface area contributed by atoms with Crippen molar-refractivity contribution >= 4 is 27.5 Å². The minimum Gasteiger partial charge on any atom is -0.494 e. The molecule has 0 unspecified atom stereocenters. The van der Waals surface area contributed by atoms with Crippen molar-refractivity contribution < 1.29 is 9.53 Å². The number of H-pyrrole nitrogens is 1. The highest BCUT2D eigenvalue weighted by Crippen LogP contribution is 2.14. The number of aromatic nitrogens is 2. The van der Waals surface area contributed by atoms with Crippen LogP contribution < -0.4 is 10.3 Å². The maximum Gasteiger partial charge on any atom is 0.268 e. The van der Waals surface area contributed by atoms with E-state index in [0.29, 0.717) is 35.5 Å². The molecule has 0 aliphatic heterocycles. The molecule has 26 heavy (non-hydrogen) atoms. The van der Waals surface area contributed by atoms with E-state index in [1.807, 2.05) is 42.6 Å². The summed E-state index contributed by atoms with van der Waals surface area (Å²) in [6, 6.07) is 9.64. The van der Waals surface area contributed by atoms with Crippen LogP contribution in [0, 0.1) is 6.92 Å². The number of benzene rings is 1. The lowest BCUT2D eigenvalue weighted by Gasteiger charge is -2.16. The summed E-state index contributed by atoms with van der Waals surface area (Å²) in [5.41, 5.74) is 1.69. The molecule has 0 saturated carbocycles. The van der Waals surface area contributed by atoms with E-state index >= 15 is 0 Å². The van der Waals surface area contributed by atoms with Crippen LogP contribution in [0.5, 0.6) is 5.75 Å². The van der Waals surface area contributed by atoms with Gasteiger partial charge in [0.15, 0.2) is 0 Å². The molecule has 0 aliphatic rings. The van der Waals surface area contributed by atoms with Gasteiger partial charge < -0.3 is 14.6 Å². The fourth-order valence-electron chi connectivity index (χ4n) is 2.55. The first kappa shape index (κ1) is 18.1. The number of carbonyl (C=O) groups excluding carboxylic acids is 1. The summed E-state index contributed by atoms with van der Waals surface area (Å²) in [4.78, 5) is 32.9. The Kier molecular flexibility index (Phi) is 5.68. The molecule has 1 N–H and O–H groups in total. The summed E-state index contributed by atoms with van der Waals surface area (Å²) in [5.74, 6) is 1.29. The van der Waals surface area contributed by atoms with Crippen LogP contribution >= 0.6 is 11.3 Å². The highest BCUT2D eigenvalue weighted by atomic mass is 32.1. The average molecular weight is 371 g/mol. The second-order valence-corrected chi connectivity index (χ2v) is 7.08. The number of aromatic amines is 1.